The van der Waals surface area contributed by atoms with Crippen LogP contribution in [0.5, 0.6) is 0 Å². The number of nitrogens with zero attached hydrogens (tertiary/aromatic N) is 2. The van der Waals surface area contributed by atoms with E-state index in [0.717, 1.165) is 16.8 Å². The highest BCUT2D eigenvalue weighted by Gasteiger charge is 2.25. The Morgan fingerprint density at radius 1 is 1.12 bits per heavy atom. The summed E-state index contributed by atoms with van der Waals surface area (Å²) in [5, 5.41) is 0.372. The van der Waals surface area contributed by atoms with Crippen molar-refractivity contribution in [2.45, 2.75) is 19.8 Å². The van der Waals surface area contributed by atoms with Crippen LogP contribution in [0.15, 0.2) is 34.7 Å². The van der Waals surface area contributed by atoms with E-state index >= 15 is 0 Å². The topological polar surface area (TPSA) is 115 Å². The number of Topliss-reactive ketones (excluding diaryl/α,β-unsaturated/α-hetero) is 1. The summed E-state index contributed by atoms with van der Waals surface area (Å²) in [5.41, 5.74) is 1.21. The highest BCUT2D eigenvalue weighted by molar-refractivity contribution is 7.92. The van der Waals surface area contributed by atoms with E-state index in [1.54, 1.807) is 6.07 Å². The number of pyridine rings is 1. The van der Waals surface area contributed by atoms with Gasteiger partial charge in [-0.15, -0.1) is 0 Å². The molecule has 3 aromatic rings. The van der Waals surface area contributed by atoms with Crippen LogP contribution < -0.4 is 4.31 Å². The zero-order chi connectivity index (χ0) is 23.8. The summed E-state index contributed by atoms with van der Waals surface area (Å²) < 4.78 is 67.5. The maximum absolute atomic E-state index is 13.4. The van der Waals surface area contributed by atoms with E-state index in [9.17, 15) is 26.0 Å². The maximum atomic E-state index is 13.4. The van der Waals surface area contributed by atoms with E-state index in [4.69, 9.17) is 4.42 Å². The van der Waals surface area contributed by atoms with Crippen LogP contribution in [0.3, 0.4) is 0 Å². The zero-order valence-electron chi connectivity index (χ0n) is 18.0. The van der Waals surface area contributed by atoms with Crippen molar-refractivity contribution in [2.75, 3.05) is 29.6 Å². The van der Waals surface area contributed by atoms with Crippen molar-refractivity contribution < 1.29 is 30.4 Å². The predicted molar refractivity (Wildman–Crippen MR) is 121 cm³/mol. The molecule has 0 atom stereocenters. The molecule has 0 aliphatic rings. The van der Waals surface area contributed by atoms with E-state index in [1.807, 2.05) is 0 Å². The third kappa shape index (κ3) is 5.16. The number of furan rings is 1. The molecule has 11 heteroatoms. The number of benzene rings is 1. The number of hydrogen-bond donors (Lipinski definition) is 0. The molecule has 0 N–H and O–H groups in total. The summed E-state index contributed by atoms with van der Waals surface area (Å²) in [5.74, 6) is -0.559. The highest BCUT2D eigenvalue weighted by atomic mass is 32.2. The molecular formula is C21H23FN2O6S2. The number of halogens is 1. The lowest BCUT2D eigenvalue weighted by atomic mass is 10.0. The number of sulfone groups is 1. The highest BCUT2D eigenvalue weighted by Crippen LogP contribution is 2.36. The van der Waals surface area contributed by atoms with E-state index in [1.165, 1.54) is 38.2 Å². The summed E-state index contributed by atoms with van der Waals surface area (Å²) in [6.45, 7) is 1.36. The standard InChI is InChI=1S/C21H23FN2O6S2/c1-13(25)18-17-12-15(6-5-11-31(3,26)27)20(24(2)32(4,28)29)23-21(17)30-19(18)14-7-9-16(22)10-8-14/h7-10,12H,5-6,11H2,1-4H3. The lowest BCUT2D eigenvalue weighted by molar-refractivity contribution is 0.101. The first-order chi connectivity index (χ1) is 14.8. The van der Waals surface area contributed by atoms with Gasteiger partial charge in [-0.1, -0.05) is 0 Å². The fraction of sp³-hybridized carbons (Fsp3) is 0.333. The largest absolute Gasteiger partial charge is 0.437 e. The van der Waals surface area contributed by atoms with Gasteiger partial charge in [-0.3, -0.25) is 9.10 Å². The third-order valence-corrected chi connectivity index (χ3v) is 7.15. The van der Waals surface area contributed by atoms with Crippen LogP contribution in [0.4, 0.5) is 10.2 Å². The fourth-order valence-corrected chi connectivity index (χ4v) is 4.49. The number of aromatic nitrogens is 1. The average Bonchev–Trinajstić information content (AvgIpc) is 3.04. The molecule has 8 nitrogen and oxygen atoms in total. The van der Waals surface area contributed by atoms with Gasteiger partial charge in [-0.2, -0.15) is 4.98 Å². The second-order valence-electron chi connectivity index (χ2n) is 7.66. The molecule has 0 saturated carbocycles. The normalized spacial score (nSPS) is 12.3. The predicted octanol–water partition coefficient (Wildman–Crippen LogP) is 3.21. The van der Waals surface area contributed by atoms with Crippen LogP contribution in [0.1, 0.15) is 29.3 Å². The molecule has 0 radical (unpaired) electrons. The van der Waals surface area contributed by atoms with Gasteiger partial charge in [0.2, 0.25) is 15.7 Å². The van der Waals surface area contributed by atoms with E-state index in [2.05, 4.69) is 4.98 Å². The van der Waals surface area contributed by atoms with Crippen molar-refractivity contribution in [3.05, 3.63) is 47.3 Å². The second-order valence-corrected chi connectivity index (χ2v) is 11.9. The lowest BCUT2D eigenvalue weighted by Gasteiger charge is -2.19. The van der Waals surface area contributed by atoms with Gasteiger partial charge >= 0.3 is 0 Å². The van der Waals surface area contributed by atoms with Gasteiger partial charge < -0.3 is 4.42 Å². The Labute approximate surface area is 186 Å². The molecule has 172 valence electrons. The number of hydrogen-bond acceptors (Lipinski definition) is 7. The van der Waals surface area contributed by atoms with Crippen LogP contribution in [-0.4, -0.2) is 52.9 Å². The lowest BCUT2D eigenvalue weighted by Crippen LogP contribution is -2.27. The average molecular weight is 483 g/mol. The Morgan fingerprint density at radius 3 is 2.28 bits per heavy atom. The minimum Gasteiger partial charge on any atom is -0.437 e. The first-order valence-corrected chi connectivity index (χ1v) is 13.5. The van der Waals surface area contributed by atoms with E-state index < -0.39 is 25.7 Å². The molecule has 0 bridgehead atoms. The Kier molecular flexibility index (Phi) is 6.43. The maximum Gasteiger partial charge on any atom is 0.233 e. The number of anilines is 1. The minimum atomic E-state index is -3.67. The molecule has 0 unspecified atom stereocenters. The molecular weight excluding hydrogens is 459 g/mol. The molecule has 0 aliphatic heterocycles. The van der Waals surface area contributed by atoms with Crippen molar-refractivity contribution in [3.63, 3.8) is 0 Å². The SMILES string of the molecule is CC(=O)c1c(-c2ccc(F)cc2)oc2nc(N(C)S(C)(=O)=O)c(CCCS(C)(=O)=O)cc12. The number of sulfonamides is 1. The molecule has 0 saturated heterocycles. The Balaban J connectivity index is 2.24. The smallest absolute Gasteiger partial charge is 0.233 e. The number of ketones is 1. The third-order valence-electron chi connectivity index (χ3n) is 4.95. The summed E-state index contributed by atoms with van der Waals surface area (Å²) in [7, 11) is -5.55. The van der Waals surface area contributed by atoms with Gasteiger partial charge in [0.15, 0.2) is 5.78 Å². The van der Waals surface area contributed by atoms with Crippen molar-refractivity contribution in [2.24, 2.45) is 0 Å². The summed E-state index contributed by atoms with van der Waals surface area (Å²) >= 11 is 0. The van der Waals surface area contributed by atoms with Crippen LogP contribution >= 0.6 is 0 Å². The fourth-order valence-electron chi connectivity index (χ4n) is 3.35. The summed E-state index contributed by atoms with van der Waals surface area (Å²) in [6, 6.07) is 7.01. The van der Waals surface area contributed by atoms with Crippen LogP contribution in [0.2, 0.25) is 0 Å². The van der Waals surface area contributed by atoms with Crippen LogP contribution in [0.25, 0.3) is 22.4 Å². The number of fused-ring (bicyclic) bond motifs is 1. The number of aryl methyl sites for hydroxylation is 1. The Morgan fingerprint density at radius 2 is 1.75 bits per heavy atom. The van der Waals surface area contributed by atoms with Gasteiger partial charge in [0.25, 0.3) is 0 Å². The quantitative estimate of drug-likeness (QED) is 0.453. The molecule has 2 aromatic heterocycles. The van der Waals surface area contributed by atoms with Crippen LogP contribution in [-0.2, 0) is 26.3 Å². The summed E-state index contributed by atoms with van der Waals surface area (Å²) in [6.07, 6.45) is 2.61. The molecule has 32 heavy (non-hydrogen) atoms. The van der Waals surface area contributed by atoms with Gasteiger partial charge in [0.05, 0.1) is 23.0 Å². The van der Waals surface area contributed by atoms with E-state index in [-0.39, 0.29) is 47.2 Å². The molecule has 0 spiro atoms. The van der Waals surface area contributed by atoms with Crippen molar-refractivity contribution in [3.8, 4) is 11.3 Å². The van der Waals surface area contributed by atoms with Crippen molar-refractivity contribution in [1.82, 2.24) is 4.98 Å². The monoisotopic (exact) mass is 482 g/mol. The molecule has 3 rings (SSSR count). The number of carbonyl (C=O) groups is 1. The Bertz CT molecular complexity index is 1390. The molecule has 0 aliphatic carbocycles. The first kappa shape index (κ1) is 23.9. The van der Waals surface area contributed by atoms with E-state index in [0.29, 0.717) is 16.5 Å². The second kappa shape index (κ2) is 8.62. The van der Waals surface area contributed by atoms with Gasteiger partial charge in [-0.05, 0) is 55.7 Å². The number of rotatable bonds is 8. The first-order valence-electron chi connectivity index (χ1n) is 9.63. The molecule has 0 amide bonds. The van der Waals surface area contributed by atoms with Gasteiger partial charge in [0, 0.05) is 18.9 Å². The molecule has 2 heterocycles. The Hall–Kier alpha value is -2.79. The molecule has 0 fully saturated rings. The van der Waals surface area contributed by atoms with Crippen LogP contribution in [0, 0.1) is 5.82 Å². The van der Waals surface area contributed by atoms with Crippen molar-refractivity contribution in [1.29, 1.82) is 0 Å². The summed E-state index contributed by atoms with van der Waals surface area (Å²) in [4.78, 5) is 16.8. The zero-order valence-corrected chi connectivity index (χ0v) is 19.7. The van der Waals surface area contributed by atoms with Crippen molar-refractivity contribution >= 4 is 42.6 Å². The van der Waals surface area contributed by atoms with Gasteiger partial charge in [0.1, 0.15) is 27.2 Å². The van der Waals surface area contributed by atoms with Gasteiger partial charge in [-0.25, -0.2) is 21.2 Å². The number of carbonyl (C=O) groups excluding carboxylic acids is 1. The minimum absolute atomic E-state index is 0.0480. The molecule has 1 aromatic carbocycles.